The normalized spacial score (nSPS) is 16.5. The molecule has 1 saturated heterocycles. The number of anilines is 1. The molecule has 1 aromatic carbocycles. The zero-order valence-corrected chi connectivity index (χ0v) is 16.0. The molecule has 1 aromatic heterocycles. The van der Waals surface area contributed by atoms with Crippen LogP contribution in [0.4, 0.5) is 19.0 Å². The van der Waals surface area contributed by atoms with Crippen LogP contribution in [0.15, 0.2) is 30.3 Å². The molecule has 0 radical (unpaired) electrons. The molecule has 1 aliphatic heterocycles. The summed E-state index contributed by atoms with van der Waals surface area (Å²) in [7, 11) is 0. The highest BCUT2D eigenvalue weighted by Crippen LogP contribution is 2.31. The summed E-state index contributed by atoms with van der Waals surface area (Å²) < 4.78 is 38.9. The highest BCUT2D eigenvalue weighted by Gasteiger charge is 2.37. The second-order valence-corrected chi connectivity index (χ2v) is 6.96. The summed E-state index contributed by atoms with van der Waals surface area (Å²) in [6, 6.07) is 9.68. The topological polar surface area (TPSA) is 81.9 Å². The minimum absolute atomic E-state index is 0.0120. The Morgan fingerprint density at radius 1 is 1.31 bits per heavy atom. The van der Waals surface area contributed by atoms with E-state index in [1.807, 2.05) is 18.2 Å². The predicted octanol–water partition coefficient (Wildman–Crippen LogP) is 3.35. The Morgan fingerprint density at radius 3 is 2.69 bits per heavy atom. The number of benzene rings is 1. The Labute approximate surface area is 170 Å². The Hall–Kier alpha value is -2.86. The fourth-order valence-corrected chi connectivity index (χ4v) is 3.36. The maximum atomic E-state index is 13.0. The van der Waals surface area contributed by atoms with Gasteiger partial charge in [0.15, 0.2) is 0 Å². The molecule has 0 saturated carbocycles. The minimum atomic E-state index is -4.72. The van der Waals surface area contributed by atoms with Crippen LogP contribution in [0.3, 0.4) is 0 Å². The summed E-state index contributed by atoms with van der Waals surface area (Å²) in [5.41, 5.74) is 1.52. The van der Waals surface area contributed by atoms with Crippen molar-refractivity contribution in [1.29, 1.82) is 5.26 Å². The average molecular weight is 424 g/mol. The third-order valence-electron chi connectivity index (χ3n) is 4.58. The number of nitrogens with one attached hydrogen (secondary N) is 1. The van der Waals surface area contributed by atoms with Crippen molar-refractivity contribution in [3.63, 3.8) is 0 Å². The summed E-state index contributed by atoms with van der Waals surface area (Å²) in [6.45, 7) is 0.770. The molecule has 0 unspecified atom stereocenters. The van der Waals surface area contributed by atoms with Gasteiger partial charge in [-0.3, -0.25) is 4.79 Å². The molecule has 2 heterocycles. The largest absolute Gasteiger partial charge is 0.451 e. The monoisotopic (exact) mass is 423 g/mol. The first-order valence-corrected chi connectivity index (χ1v) is 9.31. The van der Waals surface area contributed by atoms with Crippen molar-refractivity contribution >= 4 is 23.3 Å². The SMILES string of the molecule is N#Cc1ccc(CCNC(=O)[C@@H]2CCCN2c2cc(Cl)nc(C(F)(F)F)n2)cc1. The van der Waals surface area contributed by atoms with E-state index in [4.69, 9.17) is 16.9 Å². The van der Waals surface area contributed by atoms with E-state index in [9.17, 15) is 18.0 Å². The third-order valence-corrected chi connectivity index (χ3v) is 4.77. The van der Waals surface area contributed by atoms with Gasteiger partial charge in [-0.05, 0) is 37.0 Å². The lowest BCUT2D eigenvalue weighted by atomic mass is 10.1. The number of hydrogen-bond acceptors (Lipinski definition) is 5. The van der Waals surface area contributed by atoms with E-state index in [1.54, 1.807) is 12.1 Å². The molecule has 29 heavy (non-hydrogen) atoms. The molecule has 10 heteroatoms. The smallest absolute Gasteiger partial charge is 0.354 e. The van der Waals surface area contributed by atoms with E-state index >= 15 is 0 Å². The molecule has 1 fully saturated rings. The van der Waals surface area contributed by atoms with E-state index in [2.05, 4.69) is 15.3 Å². The molecule has 6 nitrogen and oxygen atoms in total. The second-order valence-electron chi connectivity index (χ2n) is 6.57. The van der Waals surface area contributed by atoms with E-state index < -0.39 is 18.0 Å². The number of carbonyl (C=O) groups is 1. The van der Waals surface area contributed by atoms with E-state index in [-0.39, 0.29) is 16.9 Å². The van der Waals surface area contributed by atoms with Gasteiger partial charge in [0.05, 0.1) is 11.6 Å². The lowest BCUT2D eigenvalue weighted by Gasteiger charge is -2.25. The molecule has 0 spiro atoms. The zero-order chi connectivity index (χ0) is 21.0. The Bertz CT molecular complexity index is 927. The highest BCUT2D eigenvalue weighted by molar-refractivity contribution is 6.29. The molecule has 2 aromatic rings. The summed E-state index contributed by atoms with van der Waals surface area (Å²) in [6.07, 6.45) is -3.00. The van der Waals surface area contributed by atoms with Crippen LogP contribution in [0, 0.1) is 11.3 Å². The Kier molecular flexibility index (Phi) is 6.23. The van der Waals surface area contributed by atoms with Gasteiger partial charge in [0, 0.05) is 19.2 Å². The van der Waals surface area contributed by atoms with Crippen molar-refractivity contribution in [3.8, 4) is 6.07 Å². The predicted molar refractivity (Wildman–Crippen MR) is 100 cm³/mol. The number of aromatic nitrogens is 2. The van der Waals surface area contributed by atoms with Crippen molar-refractivity contribution in [2.45, 2.75) is 31.5 Å². The van der Waals surface area contributed by atoms with Gasteiger partial charge in [0.2, 0.25) is 11.7 Å². The molecular formula is C19H17ClF3N5O. The summed E-state index contributed by atoms with van der Waals surface area (Å²) in [4.78, 5) is 20.9. The molecule has 3 rings (SSSR count). The van der Waals surface area contributed by atoms with Crippen LogP contribution in [0.5, 0.6) is 0 Å². The van der Waals surface area contributed by atoms with Gasteiger partial charge in [0.1, 0.15) is 17.0 Å². The zero-order valence-electron chi connectivity index (χ0n) is 15.2. The molecule has 152 valence electrons. The van der Waals surface area contributed by atoms with E-state index in [1.165, 1.54) is 11.0 Å². The quantitative estimate of drug-likeness (QED) is 0.746. The van der Waals surface area contributed by atoms with Gasteiger partial charge < -0.3 is 10.2 Å². The number of nitrogens with zero attached hydrogens (tertiary/aromatic N) is 4. The van der Waals surface area contributed by atoms with E-state index in [0.717, 1.165) is 5.56 Å². The van der Waals surface area contributed by atoms with Crippen molar-refractivity contribution in [3.05, 3.63) is 52.4 Å². The number of carbonyl (C=O) groups excluding carboxylic acids is 1. The van der Waals surface area contributed by atoms with Crippen molar-refractivity contribution < 1.29 is 18.0 Å². The number of rotatable bonds is 5. The first-order chi connectivity index (χ1) is 13.8. The van der Waals surface area contributed by atoms with Gasteiger partial charge >= 0.3 is 6.18 Å². The Morgan fingerprint density at radius 2 is 2.03 bits per heavy atom. The average Bonchev–Trinajstić information content (AvgIpc) is 3.17. The number of alkyl halides is 3. The lowest BCUT2D eigenvalue weighted by Crippen LogP contribution is -2.44. The van der Waals surface area contributed by atoms with Crippen LogP contribution in [0.2, 0.25) is 5.15 Å². The standard InChI is InChI=1S/C19H17ClF3N5O/c20-15-10-16(27-18(26-15)19(21,22)23)28-9-1-2-14(28)17(29)25-8-7-12-3-5-13(11-24)6-4-12/h3-6,10,14H,1-2,7-9H2,(H,25,29)/t14-/m0/s1. The minimum Gasteiger partial charge on any atom is -0.354 e. The molecule has 0 aliphatic carbocycles. The lowest BCUT2D eigenvalue weighted by molar-refractivity contribution is -0.144. The molecule has 1 aliphatic rings. The molecular weight excluding hydrogens is 407 g/mol. The van der Waals surface area contributed by atoms with E-state index in [0.29, 0.717) is 37.9 Å². The van der Waals surface area contributed by atoms with Crippen LogP contribution >= 0.6 is 11.6 Å². The van der Waals surface area contributed by atoms with Crippen molar-refractivity contribution in [2.24, 2.45) is 0 Å². The number of halogens is 4. The molecule has 1 N–H and O–H groups in total. The van der Waals surface area contributed by atoms with Crippen LogP contribution in [0.1, 0.15) is 29.8 Å². The number of hydrogen-bond donors (Lipinski definition) is 1. The highest BCUT2D eigenvalue weighted by atomic mass is 35.5. The Balaban J connectivity index is 1.65. The fourth-order valence-electron chi connectivity index (χ4n) is 3.19. The molecule has 1 amide bonds. The summed E-state index contributed by atoms with van der Waals surface area (Å²) >= 11 is 5.74. The summed E-state index contributed by atoms with van der Waals surface area (Å²) in [5, 5.41) is 11.3. The van der Waals surface area contributed by atoms with Crippen molar-refractivity contribution in [1.82, 2.24) is 15.3 Å². The van der Waals surface area contributed by atoms with Gasteiger partial charge in [0.25, 0.3) is 0 Å². The molecule has 0 bridgehead atoms. The number of nitriles is 1. The maximum absolute atomic E-state index is 13.0. The van der Waals surface area contributed by atoms with Gasteiger partial charge in [-0.2, -0.15) is 18.4 Å². The van der Waals surface area contributed by atoms with Gasteiger partial charge in [-0.15, -0.1) is 0 Å². The van der Waals surface area contributed by atoms with Gasteiger partial charge in [-0.25, -0.2) is 9.97 Å². The fraction of sp³-hybridized carbons (Fsp3) is 0.368. The molecule has 1 atom stereocenters. The third kappa shape index (κ3) is 5.15. The first kappa shape index (κ1) is 20.9. The van der Waals surface area contributed by atoms with Crippen LogP contribution in [-0.4, -0.2) is 35.0 Å². The van der Waals surface area contributed by atoms with Crippen LogP contribution < -0.4 is 10.2 Å². The first-order valence-electron chi connectivity index (χ1n) is 8.93. The van der Waals surface area contributed by atoms with Crippen molar-refractivity contribution in [2.75, 3.05) is 18.0 Å². The number of amides is 1. The second kappa shape index (κ2) is 8.66. The van der Waals surface area contributed by atoms with Gasteiger partial charge in [-0.1, -0.05) is 23.7 Å². The van der Waals surface area contributed by atoms with Crippen LogP contribution in [-0.2, 0) is 17.4 Å². The summed E-state index contributed by atoms with van der Waals surface area (Å²) in [5.74, 6) is -1.62. The maximum Gasteiger partial charge on any atom is 0.451 e. The van der Waals surface area contributed by atoms with Crippen LogP contribution in [0.25, 0.3) is 0 Å².